The van der Waals surface area contributed by atoms with Gasteiger partial charge in [0.15, 0.2) is 11.5 Å². The number of nitrogens with zero attached hydrogens (tertiary/aromatic N) is 1. The Balaban J connectivity index is 1.66. The molecule has 0 saturated heterocycles. The van der Waals surface area contributed by atoms with Gasteiger partial charge in [-0.15, -0.1) is 0 Å². The Bertz CT molecular complexity index is 1330. The van der Waals surface area contributed by atoms with E-state index in [9.17, 15) is 9.90 Å². The molecule has 0 unspecified atom stereocenters. The summed E-state index contributed by atoms with van der Waals surface area (Å²) in [5.74, 6) is 0.674. The van der Waals surface area contributed by atoms with Crippen molar-refractivity contribution in [2.24, 2.45) is 4.99 Å². The number of hydrogen-bond donors (Lipinski definition) is 1. The number of fused-ring (bicyclic) bond motifs is 3. The van der Waals surface area contributed by atoms with Crippen molar-refractivity contribution in [3.05, 3.63) is 82.4 Å². The summed E-state index contributed by atoms with van der Waals surface area (Å²) in [6, 6.07) is 17.4. The zero-order valence-electron chi connectivity index (χ0n) is 20.2. The van der Waals surface area contributed by atoms with Crippen LogP contribution in [0.5, 0.6) is 11.5 Å². The summed E-state index contributed by atoms with van der Waals surface area (Å²) in [6.45, 7) is 8.52. The van der Waals surface area contributed by atoms with Crippen LogP contribution in [0.4, 0.5) is 0 Å². The molecule has 0 radical (unpaired) electrons. The van der Waals surface area contributed by atoms with Crippen LogP contribution in [-0.4, -0.2) is 35.0 Å². The molecule has 3 aromatic carbocycles. The minimum absolute atomic E-state index is 0.254. The van der Waals surface area contributed by atoms with E-state index < -0.39 is 5.97 Å². The fourth-order valence-electron chi connectivity index (χ4n) is 5.08. The summed E-state index contributed by atoms with van der Waals surface area (Å²) in [5, 5.41) is 9.22. The lowest BCUT2D eigenvalue weighted by Crippen LogP contribution is -2.30. The fraction of sp³-hybridized carbons (Fsp3) is 0.310. The molecule has 0 aliphatic carbocycles. The first kappa shape index (κ1) is 22.2. The maximum Gasteiger partial charge on any atom is 0.335 e. The lowest BCUT2D eigenvalue weighted by atomic mass is 9.80. The van der Waals surface area contributed by atoms with E-state index in [0.717, 1.165) is 57.9 Å². The first-order valence-corrected chi connectivity index (χ1v) is 11.5. The lowest BCUT2D eigenvalue weighted by Gasteiger charge is -2.31. The maximum atomic E-state index is 11.2. The van der Waals surface area contributed by atoms with Crippen molar-refractivity contribution in [2.45, 2.75) is 51.7 Å². The SMILES string of the molecule is COc1cc2c(c3c1OC(C)(C)C3)C(c1cccc(-c3ccc(C(=O)O)cc3)c1)=NC(C)(C)C2. The number of benzene rings is 3. The predicted octanol–water partition coefficient (Wildman–Crippen LogP) is 5.95. The Kier molecular flexibility index (Phi) is 5.05. The Morgan fingerprint density at radius 2 is 1.68 bits per heavy atom. The summed E-state index contributed by atoms with van der Waals surface area (Å²) in [6.07, 6.45) is 1.61. The Labute approximate surface area is 200 Å². The van der Waals surface area contributed by atoms with Crippen LogP contribution in [0.25, 0.3) is 11.1 Å². The molecule has 0 amide bonds. The molecule has 3 aromatic rings. The van der Waals surface area contributed by atoms with Gasteiger partial charge in [-0.3, -0.25) is 4.99 Å². The lowest BCUT2D eigenvalue weighted by molar-refractivity contribution is 0.0697. The second kappa shape index (κ2) is 7.73. The van der Waals surface area contributed by atoms with E-state index in [1.807, 2.05) is 24.3 Å². The van der Waals surface area contributed by atoms with Crippen LogP contribution in [0.3, 0.4) is 0 Å². The van der Waals surface area contributed by atoms with Gasteiger partial charge in [0.2, 0.25) is 0 Å². The Hall–Kier alpha value is -3.60. The quantitative estimate of drug-likeness (QED) is 0.528. The van der Waals surface area contributed by atoms with Gasteiger partial charge in [0.1, 0.15) is 5.60 Å². The van der Waals surface area contributed by atoms with E-state index in [4.69, 9.17) is 14.5 Å². The molecule has 5 heteroatoms. The predicted molar refractivity (Wildman–Crippen MR) is 134 cm³/mol. The number of hydrogen-bond acceptors (Lipinski definition) is 4. The van der Waals surface area contributed by atoms with Gasteiger partial charge in [-0.25, -0.2) is 4.79 Å². The highest BCUT2D eigenvalue weighted by atomic mass is 16.5. The number of aromatic carboxylic acids is 1. The monoisotopic (exact) mass is 455 g/mol. The molecule has 0 spiro atoms. The molecule has 5 rings (SSSR count). The Morgan fingerprint density at radius 3 is 2.35 bits per heavy atom. The van der Waals surface area contributed by atoms with Crippen LogP contribution in [0.15, 0.2) is 59.6 Å². The standard InChI is InChI=1S/C29H29NO4/c1-28(2)15-21-14-23(33-5)26-22(16-29(3,4)34-26)24(21)25(30-28)20-8-6-7-19(13-20)17-9-11-18(12-10-17)27(31)32/h6-14H,15-16H2,1-5H3,(H,31,32). The van der Waals surface area contributed by atoms with Crippen LogP contribution < -0.4 is 9.47 Å². The van der Waals surface area contributed by atoms with Gasteiger partial charge in [-0.05, 0) is 75.1 Å². The number of methoxy groups -OCH3 is 1. The first-order valence-electron chi connectivity index (χ1n) is 11.5. The summed E-state index contributed by atoms with van der Waals surface area (Å²) in [4.78, 5) is 16.5. The first-order chi connectivity index (χ1) is 16.1. The summed E-state index contributed by atoms with van der Waals surface area (Å²) in [7, 11) is 1.69. The molecule has 1 N–H and O–H groups in total. The van der Waals surface area contributed by atoms with E-state index in [2.05, 4.69) is 45.9 Å². The smallest absolute Gasteiger partial charge is 0.335 e. The van der Waals surface area contributed by atoms with E-state index in [-0.39, 0.29) is 16.7 Å². The minimum Gasteiger partial charge on any atom is -0.493 e. The summed E-state index contributed by atoms with van der Waals surface area (Å²) < 4.78 is 12.0. The molecular weight excluding hydrogens is 426 g/mol. The fourth-order valence-corrected chi connectivity index (χ4v) is 5.08. The van der Waals surface area contributed by atoms with Crippen molar-refractivity contribution in [1.82, 2.24) is 0 Å². The molecular formula is C29H29NO4. The highest BCUT2D eigenvalue weighted by molar-refractivity contribution is 6.16. The molecule has 0 atom stereocenters. The minimum atomic E-state index is -0.926. The average Bonchev–Trinajstić information content (AvgIpc) is 3.12. The molecule has 0 bridgehead atoms. The second-order valence-corrected chi connectivity index (χ2v) is 10.4. The molecule has 2 aliphatic rings. The van der Waals surface area contributed by atoms with Crippen molar-refractivity contribution in [1.29, 1.82) is 0 Å². The van der Waals surface area contributed by atoms with Gasteiger partial charge in [0, 0.05) is 23.1 Å². The molecule has 0 fully saturated rings. The van der Waals surface area contributed by atoms with Gasteiger partial charge < -0.3 is 14.6 Å². The topological polar surface area (TPSA) is 68.1 Å². The van der Waals surface area contributed by atoms with Crippen molar-refractivity contribution in [2.75, 3.05) is 7.11 Å². The molecule has 34 heavy (non-hydrogen) atoms. The van der Waals surface area contributed by atoms with Gasteiger partial charge in [0.05, 0.1) is 23.9 Å². The summed E-state index contributed by atoms with van der Waals surface area (Å²) in [5.41, 5.74) is 7.23. The van der Waals surface area contributed by atoms with Crippen molar-refractivity contribution < 1.29 is 19.4 Å². The van der Waals surface area contributed by atoms with Crippen molar-refractivity contribution in [3.63, 3.8) is 0 Å². The van der Waals surface area contributed by atoms with E-state index in [1.54, 1.807) is 19.2 Å². The zero-order chi connectivity index (χ0) is 24.3. The van der Waals surface area contributed by atoms with Gasteiger partial charge in [-0.1, -0.05) is 30.3 Å². The number of rotatable bonds is 4. The van der Waals surface area contributed by atoms with Crippen LogP contribution >= 0.6 is 0 Å². The molecule has 174 valence electrons. The van der Waals surface area contributed by atoms with Gasteiger partial charge >= 0.3 is 5.97 Å². The molecule has 0 aromatic heterocycles. The number of carboxylic acids is 1. The largest absolute Gasteiger partial charge is 0.493 e. The molecule has 5 nitrogen and oxygen atoms in total. The third-order valence-electron chi connectivity index (χ3n) is 6.50. The number of ether oxygens (including phenoxy) is 2. The van der Waals surface area contributed by atoms with Crippen molar-refractivity contribution >= 4 is 11.7 Å². The van der Waals surface area contributed by atoms with E-state index in [0.29, 0.717) is 0 Å². The van der Waals surface area contributed by atoms with E-state index >= 15 is 0 Å². The van der Waals surface area contributed by atoms with Gasteiger partial charge in [-0.2, -0.15) is 0 Å². The van der Waals surface area contributed by atoms with E-state index in [1.165, 1.54) is 5.56 Å². The van der Waals surface area contributed by atoms with Crippen LogP contribution in [0.2, 0.25) is 0 Å². The molecule has 2 heterocycles. The van der Waals surface area contributed by atoms with Crippen LogP contribution in [-0.2, 0) is 12.8 Å². The van der Waals surface area contributed by atoms with Gasteiger partial charge in [0.25, 0.3) is 0 Å². The average molecular weight is 456 g/mol. The zero-order valence-corrected chi connectivity index (χ0v) is 20.2. The highest BCUT2D eigenvalue weighted by Crippen LogP contribution is 2.48. The van der Waals surface area contributed by atoms with Crippen molar-refractivity contribution in [3.8, 4) is 22.6 Å². The molecule has 2 aliphatic heterocycles. The number of aliphatic imine (C=N–C) groups is 1. The normalized spacial score (nSPS) is 17.3. The Morgan fingerprint density at radius 1 is 0.971 bits per heavy atom. The van der Waals surface area contributed by atoms with Crippen LogP contribution in [0.1, 0.15) is 60.3 Å². The summed E-state index contributed by atoms with van der Waals surface area (Å²) >= 11 is 0. The maximum absolute atomic E-state index is 11.2. The second-order valence-electron chi connectivity index (χ2n) is 10.4. The van der Waals surface area contributed by atoms with Crippen LogP contribution in [0, 0.1) is 0 Å². The number of carbonyl (C=O) groups is 1. The number of carboxylic acid groups (broad SMARTS) is 1. The highest BCUT2D eigenvalue weighted by Gasteiger charge is 2.39. The molecule has 0 saturated carbocycles. The third kappa shape index (κ3) is 3.85. The third-order valence-corrected chi connectivity index (χ3v) is 6.50.